The molecule has 3 rings (SSSR count). The van der Waals surface area contributed by atoms with Crippen LogP contribution in [0.4, 0.5) is 4.39 Å². The molecule has 1 aromatic carbocycles. The molecule has 0 radical (unpaired) electrons. The second-order valence-corrected chi connectivity index (χ2v) is 4.81. The maximum atomic E-state index is 13.1. The Balaban J connectivity index is 2.18. The fourth-order valence-corrected chi connectivity index (χ4v) is 2.86. The summed E-state index contributed by atoms with van der Waals surface area (Å²) in [6, 6.07) is 8.80. The van der Waals surface area contributed by atoms with E-state index in [1.54, 1.807) is 17.4 Å². The highest BCUT2D eigenvalue weighted by atomic mass is 32.1. The third-order valence-corrected chi connectivity index (χ3v) is 3.79. The Morgan fingerprint density at radius 2 is 2.12 bits per heavy atom. The predicted octanol–water partition coefficient (Wildman–Crippen LogP) is 3.49. The average molecular weight is 246 g/mol. The number of nitrogens with two attached hydrogens (primary N) is 1. The van der Waals surface area contributed by atoms with Gasteiger partial charge in [-0.15, -0.1) is 11.3 Å². The van der Waals surface area contributed by atoms with Crippen LogP contribution in [0, 0.1) is 5.82 Å². The van der Waals surface area contributed by atoms with Crippen LogP contribution in [0.3, 0.4) is 0 Å². The molecule has 3 N–H and O–H groups in total. The quantitative estimate of drug-likeness (QED) is 0.714. The first-order valence-electron chi connectivity index (χ1n) is 5.33. The van der Waals surface area contributed by atoms with E-state index in [0.717, 1.165) is 27.0 Å². The first kappa shape index (κ1) is 10.5. The first-order chi connectivity index (χ1) is 8.28. The zero-order chi connectivity index (χ0) is 11.8. The highest BCUT2D eigenvalue weighted by Gasteiger charge is 2.09. The van der Waals surface area contributed by atoms with Gasteiger partial charge in [0, 0.05) is 17.4 Å². The number of hydrogen-bond acceptors (Lipinski definition) is 2. The van der Waals surface area contributed by atoms with Crippen LogP contribution in [0.1, 0.15) is 5.56 Å². The SMILES string of the molecule is NCc1ccsc1-c1cc2ccc(F)cc2[nH]1. The molecule has 2 heterocycles. The lowest BCUT2D eigenvalue weighted by molar-refractivity contribution is 0.629. The molecule has 0 aliphatic rings. The molecule has 0 amide bonds. The van der Waals surface area contributed by atoms with E-state index >= 15 is 0 Å². The van der Waals surface area contributed by atoms with Crippen molar-refractivity contribution in [1.29, 1.82) is 0 Å². The van der Waals surface area contributed by atoms with Gasteiger partial charge in [-0.2, -0.15) is 0 Å². The largest absolute Gasteiger partial charge is 0.354 e. The summed E-state index contributed by atoms with van der Waals surface area (Å²) in [5.74, 6) is -0.226. The Bertz CT molecular complexity index is 669. The van der Waals surface area contributed by atoms with Crippen molar-refractivity contribution in [3.63, 3.8) is 0 Å². The molecule has 17 heavy (non-hydrogen) atoms. The lowest BCUT2D eigenvalue weighted by Crippen LogP contribution is -1.95. The minimum absolute atomic E-state index is 0.226. The van der Waals surface area contributed by atoms with Crippen molar-refractivity contribution in [3.05, 3.63) is 47.1 Å². The Labute approximate surface area is 102 Å². The van der Waals surface area contributed by atoms with Gasteiger partial charge in [-0.05, 0) is 41.3 Å². The van der Waals surface area contributed by atoms with Crippen molar-refractivity contribution in [2.75, 3.05) is 0 Å². The van der Waals surface area contributed by atoms with Crippen molar-refractivity contribution in [3.8, 4) is 10.6 Å². The Morgan fingerprint density at radius 1 is 1.24 bits per heavy atom. The molecular formula is C13H11FN2S. The third kappa shape index (κ3) is 1.75. The van der Waals surface area contributed by atoms with Crippen molar-refractivity contribution in [2.24, 2.45) is 5.73 Å². The average Bonchev–Trinajstić information content (AvgIpc) is 2.93. The standard InChI is InChI=1S/C13H11FN2S/c14-10-2-1-8-5-12(16-11(8)6-10)13-9(7-15)3-4-17-13/h1-6,16H,7,15H2. The monoisotopic (exact) mass is 246 g/mol. The summed E-state index contributed by atoms with van der Waals surface area (Å²) >= 11 is 1.64. The number of H-pyrrole nitrogens is 1. The van der Waals surface area contributed by atoms with Gasteiger partial charge in [-0.25, -0.2) is 4.39 Å². The summed E-state index contributed by atoms with van der Waals surface area (Å²) in [6.07, 6.45) is 0. The minimum atomic E-state index is -0.226. The van der Waals surface area contributed by atoms with E-state index in [-0.39, 0.29) is 5.82 Å². The van der Waals surface area contributed by atoms with Gasteiger partial charge >= 0.3 is 0 Å². The van der Waals surface area contributed by atoms with E-state index < -0.39 is 0 Å². The molecule has 4 heteroatoms. The minimum Gasteiger partial charge on any atom is -0.354 e. The summed E-state index contributed by atoms with van der Waals surface area (Å²) < 4.78 is 13.1. The second kappa shape index (κ2) is 3.98. The highest BCUT2D eigenvalue weighted by molar-refractivity contribution is 7.13. The van der Waals surface area contributed by atoms with E-state index in [0.29, 0.717) is 6.54 Å². The number of aromatic nitrogens is 1. The normalized spacial score (nSPS) is 11.2. The fraction of sp³-hybridized carbons (Fsp3) is 0.0769. The maximum Gasteiger partial charge on any atom is 0.125 e. The summed E-state index contributed by atoms with van der Waals surface area (Å²) in [5, 5.41) is 3.03. The van der Waals surface area contributed by atoms with E-state index in [2.05, 4.69) is 4.98 Å². The number of halogens is 1. The van der Waals surface area contributed by atoms with Crippen LogP contribution >= 0.6 is 11.3 Å². The molecule has 0 unspecified atom stereocenters. The van der Waals surface area contributed by atoms with E-state index in [4.69, 9.17) is 5.73 Å². The van der Waals surface area contributed by atoms with Crippen LogP contribution < -0.4 is 5.73 Å². The molecule has 86 valence electrons. The molecule has 2 nitrogen and oxygen atoms in total. The van der Waals surface area contributed by atoms with E-state index in [1.807, 2.05) is 17.5 Å². The zero-order valence-corrected chi connectivity index (χ0v) is 9.85. The van der Waals surface area contributed by atoms with Crippen LogP contribution in [-0.2, 0) is 6.54 Å². The molecular weight excluding hydrogens is 235 g/mol. The van der Waals surface area contributed by atoms with Gasteiger partial charge in [0.25, 0.3) is 0 Å². The molecule has 0 saturated carbocycles. The van der Waals surface area contributed by atoms with Crippen LogP contribution in [-0.4, -0.2) is 4.98 Å². The van der Waals surface area contributed by atoms with Crippen molar-refractivity contribution in [2.45, 2.75) is 6.54 Å². The molecule has 0 fully saturated rings. The maximum absolute atomic E-state index is 13.1. The van der Waals surface area contributed by atoms with Crippen LogP contribution in [0.5, 0.6) is 0 Å². The molecule has 0 atom stereocenters. The summed E-state index contributed by atoms with van der Waals surface area (Å²) in [6.45, 7) is 0.516. The fourth-order valence-electron chi connectivity index (χ4n) is 1.95. The second-order valence-electron chi connectivity index (χ2n) is 3.89. The summed E-state index contributed by atoms with van der Waals surface area (Å²) in [5.41, 5.74) is 8.61. The summed E-state index contributed by atoms with van der Waals surface area (Å²) in [7, 11) is 0. The topological polar surface area (TPSA) is 41.8 Å². The number of thiophene rings is 1. The van der Waals surface area contributed by atoms with Gasteiger partial charge in [0.1, 0.15) is 5.82 Å². The Morgan fingerprint density at radius 3 is 2.94 bits per heavy atom. The van der Waals surface area contributed by atoms with Gasteiger partial charge in [0.05, 0.1) is 10.6 Å². The van der Waals surface area contributed by atoms with Crippen LogP contribution in [0.15, 0.2) is 35.7 Å². The molecule has 0 spiro atoms. The van der Waals surface area contributed by atoms with Gasteiger partial charge in [0.15, 0.2) is 0 Å². The zero-order valence-electron chi connectivity index (χ0n) is 9.03. The number of aromatic amines is 1. The lowest BCUT2D eigenvalue weighted by Gasteiger charge is -1.97. The van der Waals surface area contributed by atoms with Crippen LogP contribution in [0.2, 0.25) is 0 Å². The van der Waals surface area contributed by atoms with E-state index in [1.165, 1.54) is 12.1 Å². The molecule has 0 saturated heterocycles. The number of hydrogen-bond donors (Lipinski definition) is 2. The molecule has 0 aliphatic heterocycles. The van der Waals surface area contributed by atoms with Gasteiger partial charge < -0.3 is 10.7 Å². The molecule has 0 bridgehead atoms. The Hall–Kier alpha value is -1.65. The molecule has 0 aliphatic carbocycles. The van der Waals surface area contributed by atoms with Crippen molar-refractivity contribution >= 4 is 22.2 Å². The van der Waals surface area contributed by atoms with Gasteiger partial charge in [0.2, 0.25) is 0 Å². The van der Waals surface area contributed by atoms with Gasteiger partial charge in [-0.1, -0.05) is 0 Å². The van der Waals surface area contributed by atoms with Gasteiger partial charge in [-0.3, -0.25) is 0 Å². The Kier molecular flexibility index (Phi) is 2.46. The number of rotatable bonds is 2. The smallest absolute Gasteiger partial charge is 0.125 e. The van der Waals surface area contributed by atoms with E-state index in [9.17, 15) is 4.39 Å². The number of nitrogens with one attached hydrogen (secondary N) is 1. The first-order valence-corrected chi connectivity index (χ1v) is 6.21. The molecule has 3 aromatic rings. The summed E-state index contributed by atoms with van der Waals surface area (Å²) in [4.78, 5) is 4.36. The van der Waals surface area contributed by atoms with Crippen molar-refractivity contribution < 1.29 is 4.39 Å². The molecule has 2 aromatic heterocycles. The van der Waals surface area contributed by atoms with Crippen LogP contribution in [0.25, 0.3) is 21.5 Å². The lowest BCUT2D eigenvalue weighted by atomic mass is 10.2. The number of fused-ring (bicyclic) bond motifs is 1. The third-order valence-electron chi connectivity index (χ3n) is 2.80. The number of benzene rings is 1. The highest BCUT2D eigenvalue weighted by Crippen LogP contribution is 2.31. The van der Waals surface area contributed by atoms with Crippen molar-refractivity contribution in [1.82, 2.24) is 4.98 Å². The predicted molar refractivity (Wildman–Crippen MR) is 69.5 cm³/mol.